The Bertz CT molecular complexity index is 1450. The summed E-state index contributed by atoms with van der Waals surface area (Å²) in [5.74, 6) is -0.00918. The van der Waals surface area contributed by atoms with Gasteiger partial charge < -0.3 is 9.73 Å². The van der Waals surface area contributed by atoms with Crippen LogP contribution in [0.5, 0.6) is 0 Å². The van der Waals surface area contributed by atoms with Gasteiger partial charge in [-0.15, -0.1) is 11.3 Å². The van der Waals surface area contributed by atoms with Gasteiger partial charge in [0.2, 0.25) is 11.7 Å². The van der Waals surface area contributed by atoms with Crippen molar-refractivity contribution in [3.05, 3.63) is 72.1 Å². The van der Waals surface area contributed by atoms with E-state index in [0.717, 1.165) is 26.4 Å². The minimum Gasteiger partial charge on any atom is -0.443 e. The van der Waals surface area contributed by atoms with Gasteiger partial charge in [-0.2, -0.15) is 5.26 Å². The number of hydrogen-bond acceptors (Lipinski definition) is 7. The van der Waals surface area contributed by atoms with E-state index in [1.165, 1.54) is 18.1 Å². The number of fused-ring (bicyclic) bond motifs is 2. The molecule has 0 radical (unpaired) electrons. The molecule has 8 heteroatoms. The van der Waals surface area contributed by atoms with Crippen molar-refractivity contribution < 1.29 is 9.21 Å². The summed E-state index contributed by atoms with van der Waals surface area (Å²) in [6.45, 7) is 0. The van der Waals surface area contributed by atoms with Crippen LogP contribution in [0, 0.1) is 11.3 Å². The standard InChI is InChI=1S/C23H14N4O2S2/c24-10-18-21(15-8-4-5-9-17(15)29-18)27-19(28)12-31-23-20-16(14-6-2-1-3-7-14)11-30-22(20)25-13-26-23/h1-9,11,13H,12H2,(H,27,28). The number of aromatic nitrogens is 2. The fraction of sp³-hybridized carbons (Fsp3) is 0.0435. The van der Waals surface area contributed by atoms with Crippen molar-refractivity contribution in [2.45, 2.75) is 5.03 Å². The summed E-state index contributed by atoms with van der Waals surface area (Å²) in [6.07, 6.45) is 1.52. The molecule has 5 aromatic rings. The number of nitrogens with one attached hydrogen (secondary N) is 1. The van der Waals surface area contributed by atoms with Crippen LogP contribution in [-0.2, 0) is 4.79 Å². The normalized spacial score (nSPS) is 10.9. The first kappa shape index (κ1) is 19.3. The van der Waals surface area contributed by atoms with E-state index in [2.05, 4.69) is 20.7 Å². The zero-order valence-corrected chi connectivity index (χ0v) is 17.7. The van der Waals surface area contributed by atoms with Crippen LogP contribution < -0.4 is 5.32 Å². The molecule has 1 N–H and O–H groups in total. The van der Waals surface area contributed by atoms with E-state index in [9.17, 15) is 10.1 Å². The lowest BCUT2D eigenvalue weighted by atomic mass is 10.1. The van der Waals surface area contributed by atoms with E-state index >= 15 is 0 Å². The van der Waals surface area contributed by atoms with E-state index in [1.807, 2.05) is 54.6 Å². The average molecular weight is 443 g/mol. The lowest BCUT2D eigenvalue weighted by Gasteiger charge is -2.06. The third kappa shape index (κ3) is 3.65. The van der Waals surface area contributed by atoms with Gasteiger partial charge in [-0.1, -0.05) is 54.2 Å². The van der Waals surface area contributed by atoms with Gasteiger partial charge in [-0.25, -0.2) is 9.97 Å². The Labute approximate surface area is 185 Å². The highest BCUT2D eigenvalue weighted by Gasteiger charge is 2.18. The maximum atomic E-state index is 12.7. The van der Waals surface area contributed by atoms with Crippen LogP contribution in [0.1, 0.15) is 5.76 Å². The Morgan fingerprint density at radius 2 is 1.94 bits per heavy atom. The molecule has 1 amide bonds. The Morgan fingerprint density at radius 1 is 1.13 bits per heavy atom. The molecule has 0 aliphatic rings. The summed E-state index contributed by atoms with van der Waals surface area (Å²) in [5, 5.41) is 16.6. The van der Waals surface area contributed by atoms with Crippen LogP contribution in [-0.4, -0.2) is 21.6 Å². The topological polar surface area (TPSA) is 91.8 Å². The smallest absolute Gasteiger partial charge is 0.234 e. The fourth-order valence-electron chi connectivity index (χ4n) is 3.34. The molecule has 0 bridgehead atoms. The van der Waals surface area contributed by atoms with Gasteiger partial charge in [-0.3, -0.25) is 4.79 Å². The first-order chi connectivity index (χ1) is 15.2. The summed E-state index contributed by atoms with van der Waals surface area (Å²) in [7, 11) is 0. The minimum atomic E-state index is -0.240. The van der Waals surface area contributed by atoms with Crippen LogP contribution in [0.15, 0.2) is 75.7 Å². The van der Waals surface area contributed by atoms with Crippen LogP contribution in [0.4, 0.5) is 5.69 Å². The van der Waals surface area contributed by atoms with Gasteiger partial charge in [0, 0.05) is 16.3 Å². The van der Waals surface area contributed by atoms with Crippen molar-refractivity contribution in [2.75, 3.05) is 11.1 Å². The molecule has 6 nitrogen and oxygen atoms in total. The minimum absolute atomic E-state index is 0.0909. The van der Waals surface area contributed by atoms with Gasteiger partial charge in [-0.05, 0) is 17.7 Å². The van der Waals surface area contributed by atoms with E-state index in [-0.39, 0.29) is 17.4 Å². The number of para-hydroxylation sites is 1. The average Bonchev–Trinajstić information content (AvgIpc) is 3.40. The highest BCUT2D eigenvalue weighted by molar-refractivity contribution is 8.00. The Hall–Kier alpha value is -3.67. The molecule has 5 rings (SSSR count). The largest absolute Gasteiger partial charge is 0.443 e. The third-order valence-electron chi connectivity index (χ3n) is 4.72. The molecule has 3 aromatic heterocycles. The monoisotopic (exact) mass is 442 g/mol. The quantitative estimate of drug-likeness (QED) is 0.277. The molecular formula is C23H14N4O2S2. The molecular weight excluding hydrogens is 428 g/mol. The van der Waals surface area contributed by atoms with Gasteiger partial charge in [0.1, 0.15) is 33.5 Å². The van der Waals surface area contributed by atoms with Crippen molar-refractivity contribution in [3.63, 3.8) is 0 Å². The van der Waals surface area contributed by atoms with E-state index in [1.54, 1.807) is 17.4 Å². The number of anilines is 1. The first-order valence-corrected chi connectivity index (χ1v) is 11.2. The van der Waals surface area contributed by atoms with Crippen molar-refractivity contribution in [1.29, 1.82) is 5.26 Å². The maximum Gasteiger partial charge on any atom is 0.234 e. The number of hydrogen-bond donors (Lipinski definition) is 1. The summed E-state index contributed by atoms with van der Waals surface area (Å²) in [4.78, 5) is 22.4. The van der Waals surface area contributed by atoms with E-state index in [4.69, 9.17) is 4.42 Å². The SMILES string of the molecule is N#Cc1oc2ccccc2c1NC(=O)CSc1ncnc2scc(-c3ccccc3)c12. The molecule has 0 aliphatic carbocycles. The lowest BCUT2D eigenvalue weighted by molar-refractivity contribution is -0.113. The van der Waals surface area contributed by atoms with Crippen LogP contribution >= 0.6 is 23.1 Å². The molecule has 150 valence electrons. The van der Waals surface area contributed by atoms with Gasteiger partial charge >= 0.3 is 0 Å². The van der Waals surface area contributed by atoms with Gasteiger partial charge in [0.15, 0.2) is 0 Å². The van der Waals surface area contributed by atoms with Crippen LogP contribution in [0.3, 0.4) is 0 Å². The number of benzene rings is 2. The number of amides is 1. The predicted molar refractivity (Wildman–Crippen MR) is 123 cm³/mol. The number of rotatable bonds is 5. The molecule has 0 saturated heterocycles. The second kappa shape index (κ2) is 8.22. The lowest BCUT2D eigenvalue weighted by Crippen LogP contribution is -2.14. The molecule has 0 fully saturated rings. The summed E-state index contributed by atoms with van der Waals surface area (Å²) in [5.41, 5.74) is 3.09. The van der Waals surface area contributed by atoms with Crippen LogP contribution in [0.25, 0.3) is 32.3 Å². The zero-order chi connectivity index (χ0) is 21.2. The molecule has 0 spiro atoms. The number of furan rings is 1. The predicted octanol–water partition coefficient (Wildman–Crippen LogP) is 5.71. The molecule has 0 atom stereocenters. The number of thiophene rings is 1. The Balaban J connectivity index is 1.40. The fourth-order valence-corrected chi connectivity index (χ4v) is 5.14. The van der Waals surface area contributed by atoms with Crippen molar-refractivity contribution in [1.82, 2.24) is 9.97 Å². The summed E-state index contributed by atoms with van der Waals surface area (Å²) in [6, 6.07) is 19.3. The highest BCUT2D eigenvalue weighted by atomic mass is 32.2. The molecule has 31 heavy (non-hydrogen) atoms. The van der Waals surface area contributed by atoms with Crippen molar-refractivity contribution in [2.24, 2.45) is 0 Å². The zero-order valence-electron chi connectivity index (χ0n) is 16.0. The van der Waals surface area contributed by atoms with Crippen molar-refractivity contribution in [3.8, 4) is 17.2 Å². The molecule has 0 aliphatic heterocycles. The molecule has 0 unspecified atom stereocenters. The van der Waals surface area contributed by atoms with Crippen molar-refractivity contribution >= 4 is 55.9 Å². The number of nitrogens with zero attached hydrogens (tertiary/aromatic N) is 3. The highest BCUT2D eigenvalue weighted by Crippen LogP contribution is 2.38. The maximum absolute atomic E-state index is 12.7. The third-order valence-corrected chi connectivity index (χ3v) is 6.60. The van der Waals surface area contributed by atoms with Gasteiger partial charge in [0.25, 0.3) is 0 Å². The van der Waals surface area contributed by atoms with Gasteiger partial charge in [0.05, 0.1) is 11.1 Å². The second-order valence-electron chi connectivity index (χ2n) is 6.63. The number of nitriles is 1. The Morgan fingerprint density at radius 3 is 2.77 bits per heavy atom. The number of thioether (sulfide) groups is 1. The summed E-state index contributed by atoms with van der Waals surface area (Å²) >= 11 is 2.90. The van der Waals surface area contributed by atoms with Crippen LogP contribution in [0.2, 0.25) is 0 Å². The Kier molecular flexibility index (Phi) is 5.12. The second-order valence-corrected chi connectivity index (χ2v) is 8.45. The number of carbonyl (C=O) groups is 1. The molecule has 0 saturated carbocycles. The first-order valence-electron chi connectivity index (χ1n) is 9.36. The summed E-state index contributed by atoms with van der Waals surface area (Å²) < 4.78 is 5.52. The van der Waals surface area contributed by atoms with E-state index < -0.39 is 0 Å². The molecule has 3 heterocycles. The molecule has 2 aromatic carbocycles. The van der Waals surface area contributed by atoms with E-state index in [0.29, 0.717) is 16.7 Å². The number of carbonyl (C=O) groups excluding carboxylic acids is 1.